The number of hydrogen-bond donors (Lipinski definition) is 2. The molecule has 3 atom stereocenters. The van der Waals surface area contributed by atoms with E-state index in [1.54, 1.807) is 18.3 Å². The smallest absolute Gasteiger partial charge is 0.319 e. The lowest BCUT2D eigenvalue weighted by Gasteiger charge is -2.35. The van der Waals surface area contributed by atoms with Gasteiger partial charge in [0.15, 0.2) is 5.82 Å². The van der Waals surface area contributed by atoms with Crippen LogP contribution in [0, 0.1) is 25.1 Å². The van der Waals surface area contributed by atoms with Gasteiger partial charge in [-0.05, 0) is 79.4 Å². The quantitative estimate of drug-likeness (QED) is 0.237. The average molecular weight is 627 g/mol. The second kappa shape index (κ2) is 10.6. The van der Waals surface area contributed by atoms with E-state index in [4.69, 9.17) is 21.1 Å². The summed E-state index contributed by atoms with van der Waals surface area (Å²) >= 11 is 0. The van der Waals surface area contributed by atoms with Crippen LogP contribution in [0.4, 0.5) is 10.2 Å². The SMILES string of the molecule is C#Cc1cccc2cc(O)cc(-c3ncc4c(N5CC6CCC(C5)N6)nc(OCC56CCCN5Cc5c(C)cccc56)nc4c3F)c12. The number of fused-ring (bicyclic) bond motifs is 7. The molecule has 2 N–H and O–H groups in total. The maximum absolute atomic E-state index is 17.0. The Balaban J connectivity index is 1.19. The molecule has 8 nitrogen and oxygen atoms in total. The first-order valence-electron chi connectivity index (χ1n) is 16.5. The number of aromatic hydroxyl groups is 1. The van der Waals surface area contributed by atoms with Crippen molar-refractivity contribution in [3.63, 3.8) is 0 Å². The van der Waals surface area contributed by atoms with Crippen molar-refractivity contribution in [1.82, 2.24) is 25.2 Å². The second-order valence-electron chi connectivity index (χ2n) is 13.5. The number of phenolic OH excluding ortho intramolecular Hbond substituents is 1. The summed E-state index contributed by atoms with van der Waals surface area (Å²) in [5, 5.41) is 16.2. The summed E-state index contributed by atoms with van der Waals surface area (Å²) < 4.78 is 23.5. The van der Waals surface area contributed by atoms with Crippen LogP contribution in [0.1, 0.15) is 47.9 Å². The van der Waals surface area contributed by atoms with E-state index in [2.05, 4.69) is 51.1 Å². The van der Waals surface area contributed by atoms with Crippen molar-refractivity contribution >= 4 is 27.5 Å². The Morgan fingerprint density at radius 1 is 1.13 bits per heavy atom. The molecule has 3 fully saturated rings. The molecule has 4 aliphatic heterocycles. The van der Waals surface area contributed by atoms with Crippen LogP contribution in [-0.2, 0) is 12.1 Å². The fraction of sp³-hybridized carbons (Fsp3) is 0.342. The second-order valence-corrected chi connectivity index (χ2v) is 13.5. The molecule has 2 bridgehead atoms. The fourth-order valence-electron chi connectivity index (χ4n) is 8.64. The third-order valence-corrected chi connectivity index (χ3v) is 10.9. The molecule has 3 unspecified atom stereocenters. The predicted octanol–water partition coefficient (Wildman–Crippen LogP) is 5.80. The van der Waals surface area contributed by atoms with Gasteiger partial charge in [0.2, 0.25) is 0 Å². The van der Waals surface area contributed by atoms with Crippen LogP contribution < -0.4 is 15.0 Å². The third-order valence-electron chi connectivity index (χ3n) is 10.9. The Labute approximate surface area is 272 Å². The van der Waals surface area contributed by atoms with E-state index in [1.165, 1.54) is 22.8 Å². The first-order valence-corrected chi connectivity index (χ1v) is 16.5. The van der Waals surface area contributed by atoms with Crippen molar-refractivity contribution in [3.05, 3.63) is 82.8 Å². The zero-order valence-corrected chi connectivity index (χ0v) is 26.3. The van der Waals surface area contributed by atoms with E-state index in [0.717, 1.165) is 51.9 Å². The van der Waals surface area contributed by atoms with Gasteiger partial charge in [-0.15, -0.1) is 6.42 Å². The normalized spacial score (nSPS) is 23.3. The molecule has 9 rings (SSSR count). The van der Waals surface area contributed by atoms with E-state index in [0.29, 0.717) is 51.8 Å². The highest BCUT2D eigenvalue weighted by Gasteiger charge is 2.49. The molecule has 6 heterocycles. The van der Waals surface area contributed by atoms with Gasteiger partial charge in [0, 0.05) is 54.4 Å². The van der Waals surface area contributed by atoms with Crippen molar-refractivity contribution in [3.8, 4) is 35.4 Å². The first-order chi connectivity index (χ1) is 22.9. The maximum atomic E-state index is 17.0. The molecule has 236 valence electrons. The van der Waals surface area contributed by atoms with E-state index >= 15 is 4.39 Å². The number of nitrogens with one attached hydrogen (secondary N) is 1. The number of anilines is 1. The predicted molar refractivity (Wildman–Crippen MR) is 180 cm³/mol. The lowest BCUT2D eigenvalue weighted by molar-refractivity contribution is 0.0826. The summed E-state index contributed by atoms with van der Waals surface area (Å²) in [4.78, 5) is 19.1. The Morgan fingerprint density at radius 2 is 1.96 bits per heavy atom. The first kappa shape index (κ1) is 28.4. The van der Waals surface area contributed by atoms with E-state index in [1.807, 2.05) is 12.1 Å². The van der Waals surface area contributed by atoms with Crippen molar-refractivity contribution in [2.45, 2.75) is 56.8 Å². The minimum Gasteiger partial charge on any atom is -0.508 e. The average Bonchev–Trinajstić information content (AvgIpc) is 3.74. The van der Waals surface area contributed by atoms with Gasteiger partial charge in [0.1, 0.15) is 29.4 Å². The topological polar surface area (TPSA) is 86.6 Å². The van der Waals surface area contributed by atoms with Crippen molar-refractivity contribution in [1.29, 1.82) is 0 Å². The van der Waals surface area contributed by atoms with Crippen LogP contribution >= 0.6 is 0 Å². The van der Waals surface area contributed by atoms with Crippen molar-refractivity contribution in [2.75, 3.05) is 31.1 Å². The number of phenols is 1. The molecule has 4 aliphatic rings. The largest absolute Gasteiger partial charge is 0.508 e. The fourth-order valence-corrected chi connectivity index (χ4v) is 8.64. The summed E-state index contributed by atoms with van der Waals surface area (Å²) in [6, 6.07) is 16.0. The molecule has 3 saturated heterocycles. The number of piperazine rings is 1. The number of halogens is 1. The molecule has 0 aliphatic carbocycles. The lowest BCUT2D eigenvalue weighted by Crippen LogP contribution is -2.51. The van der Waals surface area contributed by atoms with Crippen molar-refractivity contribution in [2.24, 2.45) is 0 Å². The monoisotopic (exact) mass is 626 g/mol. The molecule has 0 amide bonds. The minimum atomic E-state index is -0.602. The van der Waals surface area contributed by atoms with Crippen LogP contribution in [0.2, 0.25) is 0 Å². The third kappa shape index (κ3) is 4.39. The number of terminal acetylenes is 1. The Hall–Kier alpha value is -4.78. The summed E-state index contributed by atoms with van der Waals surface area (Å²) in [6.07, 6.45) is 11.8. The molecule has 5 aromatic rings. The zero-order valence-electron chi connectivity index (χ0n) is 26.3. The number of pyridine rings is 1. The van der Waals surface area contributed by atoms with Crippen LogP contribution in [-0.4, -0.2) is 63.3 Å². The van der Waals surface area contributed by atoms with Crippen LogP contribution in [0.5, 0.6) is 11.8 Å². The van der Waals surface area contributed by atoms with Gasteiger partial charge in [0.25, 0.3) is 0 Å². The van der Waals surface area contributed by atoms with E-state index < -0.39 is 5.82 Å². The molecule has 3 aromatic carbocycles. The van der Waals surface area contributed by atoms with Crippen LogP contribution in [0.15, 0.2) is 54.7 Å². The number of rotatable bonds is 5. The number of aryl methyl sites for hydroxylation is 1. The van der Waals surface area contributed by atoms with Crippen molar-refractivity contribution < 1.29 is 14.2 Å². The number of hydrogen-bond acceptors (Lipinski definition) is 8. The van der Waals surface area contributed by atoms with Crippen LogP contribution in [0.25, 0.3) is 32.9 Å². The Kier molecular flexibility index (Phi) is 6.43. The highest BCUT2D eigenvalue weighted by molar-refractivity contribution is 6.02. The highest BCUT2D eigenvalue weighted by atomic mass is 19.1. The molecular weight excluding hydrogens is 591 g/mol. The van der Waals surface area contributed by atoms with Gasteiger partial charge >= 0.3 is 6.01 Å². The van der Waals surface area contributed by atoms with E-state index in [-0.39, 0.29) is 28.5 Å². The molecule has 2 aromatic heterocycles. The zero-order chi connectivity index (χ0) is 31.9. The summed E-state index contributed by atoms with van der Waals surface area (Å²) in [7, 11) is 0. The Morgan fingerprint density at radius 3 is 2.79 bits per heavy atom. The number of aromatic nitrogens is 3. The molecule has 47 heavy (non-hydrogen) atoms. The summed E-state index contributed by atoms with van der Waals surface area (Å²) in [5.74, 6) is 2.74. The molecule has 0 spiro atoms. The van der Waals surface area contributed by atoms with Gasteiger partial charge < -0.3 is 20.1 Å². The molecular formula is C38H35FN6O2. The molecule has 0 radical (unpaired) electrons. The highest BCUT2D eigenvalue weighted by Crippen LogP contribution is 2.48. The van der Waals surface area contributed by atoms with Gasteiger partial charge in [0.05, 0.1) is 10.9 Å². The molecule has 0 saturated carbocycles. The van der Waals surface area contributed by atoms with Gasteiger partial charge in [-0.3, -0.25) is 9.88 Å². The van der Waals surface area contributed by atoms with Gasteiger partial charge in [-0.25, -0.2) is 4.39 Å². The summed E-state index contributed by atoms with van der Waals surface area (Å²) in [6.45, 7) is 5.98. The lowest BCUT2D eigenvalue weighted by atomic mass is 9.87. The number of ether oxygens (including phenoxy) is 1. The molecule has 9 heteroatoms. The van der Waals surface area contributed by atoms with E-state index in [9.17, 15) is 5.11 Å². The van der Waals surface area contributed by atoms with Gasteiger partial charge in [-0.1, -0.05) is 36.3 Å². The van der Waals surface area contributed by atoms with Gasteiger partial charge in [-0.2, -0.15) is 9.97 Å². The van der Waals surface area contributed by atoms with Crippen LogP contribution in [0.3, 0.4) is 0 Å². The summed E-state index contributed by atoms with van der Waals surface area (Å²) in [5.41, 5.74) is 4.93. The standard InChI is InChI=1S/C38H35FN6O2/c1-3-23-8-5-9-24-15-27(46)16-28(32(23)24)34-33(39)35-29(17-40-34)36(44-18-25-11-12-26(19-44)41-25)43-37(42-35)47-21-38-13-6-14-45(38)20-30-22(2)7-4-10-31(30)38/h1,4-5,7-10,15-17,25-26,41,46H,6,11-14,18-21H2,2H3. The Bertz CT molecular complexity index is 2130. The number of benzene rings is 3. The number of nitrogens with zero attached hydrogens (tertiary/aromatic N) is 5. The maximum Gasteiger partial charge on any atom is 0.319 e. The minimum absolute atomic E-state index is 0.000820.